The number of rotatable bonds is 8. The molecule has 0 saturated carbocycles. The van der Waals surface area contributed by atoms with Gasteiger partial charge in [-0.1, -0.05) is 25.1 Å². The molecule has 1 amide bonds. The van der Waals surface area contributed by atoms with Gasteiger partial charge in [-0.05, 0) is 36.4 Å². The lowest BCUT2D eigenvalue weighted by Gasteiger charge is -2.30. The molecule has 2 aromatic rings. The number of carbonyl (C=O) groups excluding carboxylic acids is 1. The number of nitrogens with zero attached hydrogens (tertiary/aromatic N) is 2. The standard InChI is InChI=1S/C22H28FN3O3/c1-3-25(15-17-8-9-21(28-2)18(23)14-17)16-22(27)24-19-6-4-5-7-20(19)26-10-12-29-13-11-26/h4-9,14H,3,10-13,15-16H2,1-2H3,(H,24,27). The Hall–Kier alpha value is -2.64. The molecule has 1 aliphatic rings. The van der Waals surface area contributed by atoms with Gasteiger partial charge in [0.25, 0.3) is 0 Å². The number of morpholine rings is 1. The number of amides is 1. The average molecular weight is 401 g/mol. The molecule has 1 saturated heterocycles. The molecule has 3 rings (SSSR count). The van der Waals surface area contributed by atoms with Crippen LogP contribution in [0.25, 0.3) is 0 Å². The Labute approximate surface area is 171 Å². The van der Waals surface area contributed by atoms with Gasteiger partial charge in [-0.15, -0.1) is 0 Å². The second-order valence-electron chi connectivity index (χ2n) is 6.94. The largest absolute Gasteiger partial charge is 0.494 e. The fourth-order valence-electron chi connectivity index (χ4n) is 3.40. The summed E-state index contributed by atoms with van der Waals surface area (Å²) < 4.78 is 24.3. The highest BCUT2D eigenvalue weighted by Gasteiger charge is 2.17. The van der Waals surface area contributed by atoms with Crippen LogP contribution < -0.4 is 15.0 Å². The van der Waals surface area contributed by atoms with Gasteiger partial charge in [-0.2, -0.15) is 0 Å². The first kappa shape index (κ1) is 21.1. The van der Waals surface area contributed by atoms with Gasteiger partial charge in [-0.3, -0.25) is 9.69 Å². The van der Waals surface area contributed by atoms with Crippen LogP contribution in [-0.4, -0.2) is 57.3 Å². The van der Waals surface area contributed by atoms with Crippen LogP contribution in [0.15, 0.2) is 42.5 Å². The normalized spacial score (nSPS) is 14.1. The zero-order valence-electron chi connectivity index (χ0n) is 17.0. The van der Waals surface area contributed by atoms with E-state index in [-0.39, 0.29) is 18.2 Å². The summed E-state index contributed by atoms with van der Waals surface area (Å²) >= 11 is 0. The van der Waals surface area contributed by atoms with Crippen LogP contribution in [-0.2, 0) is 16.1 Å². The van der Waals surface area contributed by atoms with Crippen molar-refractivity contribution >= 4 is 17.3 Å². The van der Waals surface area contributed by atoms with Crippen LogP contribution in [0, 0.1) is 5.82 Å². The smallest absolute Gasteiger partial charge is 0.238 e. The molecule has 1 aliphatic heterocycles. The summed E-state index contributed by atoms with van der Waals surface area (Å²) in [7, 11) is 1.44. The number of hydrogen-bond donors (Lipinski definition) is 1. The van der Waals surface area contributed by atoms with Crippen LogP contribution in [0.5, 0.6) is 5.75 Å². The van der Waals surface area contributed by atoms with Crippen molar-refractivity contribution in [3.05, 3.63) is 53.8 Å². The number of halogens is 1. The van der Waals surface area contributed by atoms with Gasteiger partial charge in [-0.25, -0.2) is 4.39 Å². The predicted molar refractivity (Wildman–Crippen MR) is 112 cm³/mol. The van der Waals surface area contributed by atoms with Crippen molar-refractivity contribution in [2.24, 2.45) is 0 Å². The Kier molecular flexibility index (Phi) is 7.43. The molecule has 0 atom stereocenters. The van der Waals surface area contributed by atoms with Crippen molar-refractivity contribution in [1.82, 2.24) is 4.90 Å². The molecular formula is C22H28FN3O3. The molecule has 2 aromatic carbocycles. The molecule has 0 unspecified atom stereocenters. The average Bonchev–Trinajstić information content (AvgIpc) is 2.74. The maximum Gasteiger partial charge on any atom is 0.238 e. The first-order valence-electron chi connectivity index (χ1n) is 9.87. The molecule has 0 spiro atoms. The van der Waals surface area contributed by atoms with E-state index in [1.165, 1.54) is 13.2 Å². The Morgan fingerprint density at radius 3 is 2.69 bits per heavy atom. The molecule has 1 fully saturated rings. The van der Waals surface area contributed by atoms with Crippen molar-refractivity contribution in [2.45, 2.75) is 13.5 Å². The molecule has 1 heterocycles. The minimum Gasteiger partial charge on any atom is -0.494 e. The number of hydrogen-bond acceptors (Lipinski definition) is 5. The highest BCUT2D eigenvalue weighted by Crippen LogP contribution is 2.26. The van der Waals surface area contributed by atoms with E-state index in [2.05, 4.69) is 10.2 Å². The van der Waals surface area contributed by atoms with E-state index in [0.717, 1.165) is 30.0 Å². The first-order valence-corrected chi connectivity index (χ1v) is 9.87. The molecule has 156 valence electrons. The van der Waals surface area contributed by atoms with E-state index in [0.29, 0.717) is 26.3 Å². The summed E-state index contributed by atoms with van der Waals surface area (Å²) in [5.41, 5.74) is 2.60. The fourth-order valence-corrected chi connectivity index (χ4v) is 3.40. The monoisotopic (exact) mass is 401 g/mol. The van der Waals surface area contributed by atoms with Gasteiger partial charge >= 0.3 is 0 Å². The predicted octanol–water partition coefficient (Wildman–Crippen LogP) is 3.13. The van der Waals surface area contributed by atoms with Crippen molar-refractivity contribution in [3.63, 3.8) is 0 Å². The lowest BCUT2D eigenvalue weighted by molar-refractivity contribution is -0.117. The van der Waals surface area contributed by atoms with Crippen LogP contribution in [0.4, 0.5) is 15.8 Å². The third-order valence-corrected chi connectivity index (χ3v) is 4.97. The summed E-state index contributed by atoms with van der Waals surface area (Å²) in [5.74, 6) is -0.277. The fraction of sp³-hybridized carbons (Fsp3) is 0.409. The molecule has 1 N–H and O–H groups in total. The van der Waals surface area contributed by atoms with Crippen molar-refractivity contribution in [1.29, 1.82) is 0 Å². The second kappa shape index (κ2) is 10.2. The molecule has 7 heteroatoms. The number of likely N-dealkylation sites (N-methyl/N-ethyl adjacent to an activating group) is 1. The topological polar surface area (TPSA) is 54.0 Å². The zero-order chi connectivity index (χ0) is 20.6. The second-order valence-corrected chi connectivity index (χ2v) is 6.94. The van der Waals surface area contributed by atoms with Crippen LogP contribution in [0.2, 0.25) is 0 Å². The number of anilines is 2. The van der Waals surface area contributed by atoms with E-state index in [1.807, 2.05) is 42.2 Å². The Morgan fingerprint density at radius 1 is 1.24 bits per heavy atom. The summed E-state index contributed by atoms with van der Waals surface area (Å²) in [6.07, 6.45) is 0. The Morgan fingerprint density at radius 2 is 2.00 bits per heavy atom. The maximum atomic E-state index is 13.9. The molecule has 0 aromatic heterocycles. The summed E-state index contributed by atoms with van der Waals surface area (Å²) in [4.78, 5) is 16.9. The van der Waals surface area contributed by atoms with E-state index >= 15 is 0 Å². The van der Waals surface area contributed by atoms with Gasteiger partial charge in [0, 0.05) is 19.6 Å². The van der Waals surface area contributed by atoms with Gasteiger partial charge < -0.3 is 19.7 Å². The quantitative estimate of drug-likeness (QED) is 0.737. The van der Waals surface area contributed by atoms with Gasteiger partial charge in [0.15, 0.2) is 11.6 Å². The lowest BCUT2D eigenvalue weighted by Crippen LogP contribution is -2.37. The number of para-hydroxylation sites is 2. The third-order valence-electron chi connectivity index (χ3n) is 4.97. The first-order chi connectivity index (χ1) is 14.1. The number of methoxy groups -OCH3 is 1. The van der Waals surface area contributed by atoms with Crippen LogP contribution in [0.3, 0.4) is 0 Å². The Balaban J connectivity index is 1.62. The number of carbonyl (C=O) groups is 1. The molecule has 0 radical (unpaired) electrons. The lowest BCUT2D eigenvalue weighted by atomic mass is 10.2. The van der Waals surface area contributed by atoms with Crippen molar-refractivity contribution < 1.29 is 18.7 Å². The summed E-state index contributed by atoms with van der Waals surface area (Å²) in [5, 5.41) is 3.03. The van der Waals surface area contributed by atoms with Crippen LogP contribution >= 0.6 is 0 Å². The maximum absolute atomic E-state index is 13.9. The van der Waals surface area contributed by atoms with E-state index in [9.17, 15) is 9.18 Å². The van der Waals surface area contributed by atoms with Crippen LogP contribution in [0.1, 0.15) is 12.5 Å². The minimum absolute atomic E-state index is 0.0958. The molecule has 29 heavy (non-hydrogen) atoms. The number of ether oxygens (including phenoxy) is 2. The minimum atomic E-state index is -0.398. The van der Waals surface area contributed by atoms with Gasteiger partial charge in [0.1, 0.15) is 0 Å². The van der Waals surface area contributed by atoms with Crippen molar-refractivity contribution in [3.8, 4) is 5.75 Å². The zero-order valence-corrected chi connectivity index (χ0v) is 17.0. The third kappa shape index (κ3) is 5.68. The molecule has 6 nitrogen and oxygen atoms in total. The van der Waals surface area contributed by atoms with E-state index in [4.69, 9.17) is 9.47 Å². The number of nitrogens with one attached hydrogen (secondary N) is 1. The highest BCUT2D eigenvalue weighted by atomic mass is 19.1. The summed E-state index contributed by atoms with van der Waals surface area (Å²) in [6, 6.07) is 12.7. The highest BCUT2D eigenvalue weighted by molar-refractivity contribution is 5.95. The molecule has 0 bridgehead atoms. The summed E-state index contributed by atoms with van der Waals surface area (Å²) in [6.45, 7) is 6.33. The van der Waals surface area contributed by atoms with Gasteiger partial charge in [0.2, 0.25) is 5.91 Å². The van der Waals surface area contributed by atoms with Gasteiger partial charge in [0.05, 0.1) is 38.2 Å². The van der Waals surface area contributed by atoms with E-state index in [1.54, 1.807) is 6.07 Å². The Bertz CT molecular complexity index is 825. The SMILES string of the molecule is CCN(CC(=O)Nc1ccccc1N1CCOCC1)Cc1ccc(OC)c(F)c1. The van der Waals surface area contributed by atoms with Crippen molar-refractivity contribution in [2.75, 3.05) is 56.7 Å². The number of benzene rings is 2. The molecule has 0 aliphatic carbocycles. The van der Waals surface area contributed by atoms with E-state index < -0.39 is 5.82 Å². The molecular weight excluding hydrogens is 373 g/mol.